The summed E-state index contributed by atoms with van der Waals surface area (Å²) in [6.45, 7) is 5.55. The molecule has 8 heteroatoms. The summed E-state index contributed by atoms with van der Waals surface area (Å²) in [7, 11) is 0. The third-order valence-corrected chi connectivity index (χ3v) is 4.41. The van der Waals surface area contributed by atoms with Crippen LogP contribution in [0.2, 0.25) is 0 Å². The van der Waals surface area contributed by atoms with Gasteiger partial charge in [0.1, 0.15) is 5.69 Å². The zero-order valence-corrected chi connectivity index (χ0v) is 14.6. The fourth-order valence-corrected chi connectivity index (χ4v) is 3.04. The van der Waals surface area contributed by atoms with Gasteiger partial charge in [-0.1, -0.05) is 18.5 Å². The molecule has 0 N–H and O–H groups in total. The smallest absolute Gasteiger partial charge is 0.274 e. The number of aryl methyl sites for hydroxylation is 2. The van der Waals surface area contributed by atoms with E-state index in [0.717, 1.165) is 25.7 Å². The maximum atomic E-state index is 12.8. The summed E-state index contributed by atoms with van der Waals surface area (Å²) in [4.78, 5) is 30.7. The normalized spacial score (nSPS) is 17.7. The summed E-state index contributed by atoms with van der Waals surface area (Å²) in [6.07, 6.45) is 3.60. The summed E-state index contributed by atoms with van der Waals surface area (Å²) in [6, 6.07) is 2.92. The molecule has 2 aromatic rings. The van der Waals surface area contributed by atoms with E-state index in [4.69, 9.17) is 4.52 Å². The Morgan fingerprint density at radius 3 is 2.96 bits per heavy atom. The Morgan fingerprint density at radius 2 is 2.24 bits per heavy atom. The molecule has 0 aromatic carbocycles. The van der Waals surface area contributed by atoms with E-state index in [-0.39, 0.29) is 17.4 Å². The second-order valence-electron chi connectivity index (χ2n) is 6.40. The van der Waals surface area contributed by atoms with E-state index in [2.05, 4.69) is 15.2 Å². The first kappa shape index (κ1) is 17.3. The van der Waals surface area contributed by atoms with E-state index in [1.165, 1.54) is 16.8 Å². The van der Waals surface area contributed by atoms with Crippen LogP contribution in [0.15, 0.2) is 21.5 Å². The molecule has 1 saturated heterocycles. The summed E-state index contributed by atoms with van der Waals surface area (Å²) in [5, 5.41) is 8.08. The van der Waals surface area contributed by atoms with Crippen molar-refractivity contribution >= 4 is 5.91 Å². The van der Waals surface area contributed by atoms with Gasteiger partial charge in [-0.15, -0.1) is 0 Å². The second kappa shape index (κ2) is 7.58. The predicted octanol–water partition coefficient (Wildman–Crippen LogP) is 1.75. The van der Waals surface area contributed by atoms with Gasteiger partial charge in [0.05, 0.1) is 5.92 Å². The highest BCUT2D eigenvalue weighted by molar-refractivity contribution is 5.92. The highest BCUT2D eigenvalue weighted by atomic mass is 16.5. The standard InChI is InChI=1S/C17H23N5O3/c1-3-4-10-22-15(23)8-7-14(19-22)17(24)21-9-5-6-13(11-21)16-18-12(2)20-25-16/h7-8,13H,3-6,9-11H2,1-2H3/t13-/m0/s1. The maximum absolute atomic E-state index is 12.8. The summed E-state index contributed by atoms with van der Waals surface area (Å²) >= 11 is 0. The van der Waals surface area contributed by atoms with Gasteiger partial charge in [-0.3, -0.25) is 9.59 Å². The Morgan fingerprint density at radius 1 is 1.40 bits per heavy atom. The number of rotatable bonds is 5. The number of aromatic nitrogens is 4. The molecule has 0 bridgehead atoms. The van der Waals surface area contributed by atoms with Crippen LogP contribution < -0.4 is 5.56 Å². The molecule has 1 aliphatic rings. The average molecular weight is 345 g/mol. The molecule has 3 heterocycles. The van der Waals surface area contributed by atoms with E-state index in [1.54, 1.807) is 11.8 Å². The average Bonchev–Trinajstić information content (AvgIpc) is 3.07. The van der Waals surface area contributed by atoms with Gasteiger partial charge >= 0.3 is 0 Å². The third-order valence-electron chi connectivity index (χ3n) is 4.41. The van der Waals surface area contributed by atoms with E-state index in [0.29, 0.717) is 37.0 Å². The zero-order chi connectivity index (χ0) is 17.8. The van der Waals surface area contributed by atoms with Crippen LogP contribution in [0, 0.1) is 6.92 Å². The minimum atomic E-state index is -0.178. The molecule has 0 unspecified atom stereocenters. The van der Waals surface area contributed by atoms with Crippen LogP contribution >= 0.6 is 0 Å². The van der Waals surface area contributed by atoms with Gasteiger partial charge in [0.25, 0.3) is 11.5 Å². The largest absolute Gasteiger partial charge is 0.339 e. The number of carbonyl (C=O) groups is 1. The van der Waals surface area contributed by atoms with Gasteiger partial charge in [-0.05, 0) is 32.3 Å². The number of likely N-dealkylation sites (tertiary alicyclic amines) is 1. The molecule has 0 saturated carbocycles. The summed E-state index contributed by atoms with van der Waals surface area (Å²) in [5.41, 5.74) is 0.126. The summed E-state index contributed by atoms with van der Waals surface area (Å²) < 4.78 is 6.63. The first-order valence-electron chi connectivity index (χ1n) is 8.76. The number of nitrogens with zero attached hydrogens (tertiary/aromatic N) is 5. The van der Waals surface area contributed by atoms with Gasteiger partial charge in [0, 0.05) is 25.7 Å². The molecule has 0 spiro atoms. The Bertz CT molecular complexity index is 798. The number of hydrogen-bond donors (Lipinski definition) is 0. The van der Waals surface area contributed by atoms with Crippen molar-refractivity contribution in [3.8, 4) is 0 Å². The number of carbonyl (C=O) groups excluding carboxylic acids is 1. The lowest BCUT2D eigenvalue weighted by Gasteiger charge is -2.30. The monoisotopic (exact) mass is 345 g/mol. The second-order valence-corrected chi connectivity index (χ2v) is 6.40. The quantitative estimate of drug-likeness (QED) is 0.819. The number of unbranched alkanes of at least 4 members (excludes halogenated alkanes) is 1. The molecular formula is C17H23N5O3. The predicted molar refractivity (Wildman–Crippen MR) is 90.3 cm³/mol. The van der Waals surface area contributed by atoms with E-state index < -0.39 is 0 Å². The molecule has 1 amide bonds. The number of amides is 1. The minimum Gasteiger partial charge on any atom is -0.339 e. The highest BCUT2D eigenvalue weighted by Gasteiger charge is 2.29. The van der Waals surface area contributed by atoms with Crippen LogP contribution in [0.3, 0.4) is 0 Å². The topological polar surface area (TPSA) is 94.1 Å². The van der Waals surface area contributed by atoms with Crippen molar-refractivity contribution in [2.75, 3.05) is 13.1 Å². The summed E-state index contributed by atoms with van der Waals surface area (Å²) in [5.74, 6) is 1.06. The molecule has 134 valence electrons. The molecular weight excluding hydrogens is 322 g/mol. The molecule has 1 fully saturated rings. The van der Waals surface area contributed by atoms with E-state index >= 15 is 0 Å². The first-order chi connectivity index (χ1) is 12.1. The molecule has 0 aliphatic carbocycles. The SMILES string of the molecule is CCCCn1nc(C(=O)N2CCC[C@H](c3nc(C)no3)C2)ccc1=O. The highest BCUT2D eigenvalue weighted by Crippen LogP contribution is 2.26. The Labute approximate surface area is 145 Å². The van der Waals surface area contributed by atoms with Crippen LogP contribution in [0.4, 0.5) is 0 Å². The van der Waals surface area contributed by atoms with Gasteiger partial charge in [-0.2, -0.15) is 10.1 Å². The van der Waals surface area contributed by atoms with Crippen molar-refractivity contribution in [1.29, 1.82) is 0 Å². The van der Waals surface area contributed by atoms with Gasteiger partial charge in [-0.25, -0.2) is 4.68 Å². The Kier molecular flexibility index (Phi) is 5.25. The minimum absolute atomic E-state index is 0.0462. The lowest BCUT2D eigenvalue weighted by molar-refractivity contribution is 0.0686. The lowest BCUT2D eigenvalue weighted by Crippen LogP contribution is -2.40. The Balaban J connectivity index is 1.75. The van der Waals surface area contributed by atoms with Gasteiger partial charge in [0.2, 0.25) is 5.89 Å². The van der Waals surface area contributed by atoms with Crippen molar-refractivity contribution in [1.82, 2.24) is 24.8 Å². The zero-order valence-electron chi connectivity index (χ0n) is 14.6. The van der Waals surface area contributed by atoms with Crippen molar-refractivity contribution < 1.29 is 9.32 Å². The Hall–Kier alpha value is -2.51. The number of hydrogen-bond acceptors (Lipinski definition) is 6. The molecule has 1 atom stereocenters. The van der Waals surface area contributed by atoms with Crippen molar-refractivity contribution in [2.24, 2.45) is 0 Å². The van der Waals surface area contributed by atoms with Gasteiger partial charge in [0.15, 0.2) is 5.82 Å². The fourth-order valence-electron chi connectivity index (χ4n) is 3.04. The van der Waals surface area contributed by atoms with E-state index in [1.807, 2.05) is 6.92 Å². The molecule has 1 aliphatic heterocycles. The third kappa shape index (κ3) is 3.94. The fraction of sp³-hybridized carbons (Fsp3) is 0.588. The van der Waals surface area contributed by atoms with Crippen LogP contribution in [0.5, 0.6) is 0 Å². The number of piperidine rings is 1. The van der Waals surface area contributed by atoms with Crippen LogP contribution in [0.25, 0.3) is 0 Å². The van der Waals surface area contributed by atoms with Crippen LogP contribution in [-0.4, -0.2) is 43.8 Å². The first-order valence-corrected chi connectivity index (χ1v) is 8.76. The molecule has 25 heavy (non-hydrogen) atoms. The van der Waals surface area contributed by atoms with Crippen LogP contribution in [0.1, 0.15) is 60.7 Å². The molecule has 8 nitrogen and oxygen atoms in total. The molecule has 0 radical (unpaired) electrons. The van der Waals surface area contributed by atoms with Crippen molar-refractivity contribution in [3.63, 3.8) is 0 Å². The van der Waals surface area contributed by atoms with Crippen LogP contribution in [-0.2, 0) is 6.54 Å². The molecule has 3 rings (SSSR count). The van der Waals surface area contributed by atoms with Crippen molar-refractivity contribution in [3.05, 3.63) is 39.9 Å². The molecule has 2 aromatic heterocycles. The van der Waals surface area contributed by atoms with Gasteiger partial charge < -0.3 is 9.42 Å². The maximum Gasteiger partial charge on any atom is 0.274 e. The lowest BCUT2D eigenvalue weighted by atomic mass is 9.97. The van der Waals surface area contributed by atoms with Crippen molar-refractivity contribution in [2.45, 2.75) is 52.0 Å². The van der Waals surface area contributed by atoms with E-state index in [9.17, 15) is 9.59 Å².